The second kappa shape index (κ2) is 8.16. The Morgan fingerprint density at radius 2 is 1.90 bits per heavy atom. The quantitative estimate of drug-likeness (QED) is 0.390. The van der Waals surface area contributed by atoms with E-state index in [0.717, 1.165) is 31.4 Å². The minimum Gasteiger partial charge on any atom is -0.422 e. The summed E-state index contributed by atoms with van der Waals surface area (Å²) < 4.78 is 8.85. The van der Waals surface area contributed by atoms with Gasteiger partial charge in [-0.1, -0.05) is 30.7 Å². The van der Waals surface area contributed by atoms with Gasteiger partial charge >= 0.3 is 11.7 Å². The Labute approximate surface area is 179 Å². The molecular weight excluding hydrogens is 404 g/mol. The predicted molar refractivity (Wildman–Crippen MR) is 119 cm³/mol. The highest BCUT2D eigenvalue weighted by Crippen LogP contribution is 2.35. The molecule has 1 aromatic heterocycles. The summed E-state index contributed by atoms with van der Waals surface area (Å²) in [4.78, 5) is 28.0. The standard InChI is InChI=1S/C22H25ClN4O3/c1-3-19(28)30-21-16(24)7-5-9-18(21)27-20-15(23)6-4-8-17(20)26(22(27)29)14-10-12-25(2)13-11-14/h4-9,14H,3,10-13,24H2,1-2H3. The maximum Gasteiger partial charge on any atom is 0.334 e. The van der Waals surface area contributed by atoms with Gasteiger partial charge < -0.3 is 15.4 Å². The van der Waals surface area contributed by atoms with Gasteiger partial charge in [0.2, 0.25) is 0 Å². The first-order valence-corrected chi connectivity index (χ1v) is 10.5. The third-order valence-electron chi connectivity index (χ3n) is 5.67. The average Bonchev–Trinajstić information content (AvgIpc) is 3.03. The van der Waals surface area contributed by atoms with E-state index >= 15 is 0 Å². The molecule has 30 heavy (non-hydrogen) atoms. The van der Waals surface area contributed by atoms with E-state index in [1.807, 2.05) is 16.7 Å². The zero-order chi connectivity index (χ0) is 21.4. The van der Waals surface area contributed by atoms with Crippen LogP contribution in [0.2, 0.25) is 5.02 Å². The summed E-state index contributed by atoms with van der Waals surface area (Å²) in [5.41, 5.74) is 7.95. The lowest BCUT2D eigenvalue weighted by Gasteiger charge is -2.29. The van der Waals surface area contributed by atoms with Crippen molar-refractivity contribution in [3.05, 3.63) is 51.9 Å². The molecule has 0 aliphatic carbocycles. The van der Waals surface area contributed by atoms with Crippen molar-refractivity contribution in [3.8, 4) is 11.4 Å². The molecule has 0 bridgehead atoms. The number of carbonyl (C=O) groups excluding carboxylic acids is 1. The van der Waals surface area contributed by atoms with E-state index < -0.39 is 5.97 Å². The number of benzene rings is 2. The highest BCUT2D eigenvalue weighted by atomic mass is 35.5. The van der Waals surface area contributed by atoms with Crippen LogP contribution in [-0.4, -0.2) is 40.1 Å². The van der Waals surface area contributed by atoms with E-state index in [9.17, 15) is 9.59 Å². The van der Waals surface area contributed by atoms with Crippen molar-refractivity contribution in [2.75, 3.05) is 25.9 Å². The number of nitrogen functional groups attached to an aromatic ring is 1. The number of imidazole rings is 1. The number of ether oxygens (including phenoxy) is 1. The predicted octanol–water partition coefficient (Wildman–Crippen LogP) is 3.61. The van der Waals surface area contributed by atoms with Gasteiger partial charge in [-0.3, -0.25) is 13.9 Å². The lowest BCUT2D eigenvalue weighted by molar-refractivity contribution is -0.133. The Bertz CT molecular complexity index is 1160. The fourth-order valence-corrected chi connectivity index (χ4v) is 4.33. The van der Waals surface area contributed by atoms with Crippen LogP contribution in [-0.2, 0) is 4.79 Å². The summed E-state index contributed by atoms with van der Waals surface area (Å²) in [6, 6.07) is 10.7. The fraction of sp³-hybridized carbons (Fsp3) is 0.364. The smallest absolute Gasteiger partial charge is 0.334 e. The zero-order valence-electron chi connectivity index (χ0n) is 17.1. The van der Waals surface area contributed by atoms with E-state index in [4.69, 9.17) is 22.1 Å². The number of hydrogen-bond acceptors (Lipinski definition) is 5. The van der Waals surface area contributed by atoms with Gasteiger partial charge in [0.1, 0.15) is 0 Å². The van der Waals surface area contributed by atoms with Crippen molar-refractivity contribution in [1.82, 2.24) is 14.0 Å². The van der Waals surface area contributed by atoms with Crippen LogP contribution in [0, 0.1) is 0 Å². The molecule has 8 heteroatoms. The average molecular weight is 429 g/mol. The number of likely N-dealkylation sites (tertiary alicyclic amines) is 1. The summed E-state index contributed by atoms with van der Waals surface area (Å²) in [6.45, 7) is 3.54. The van der Waals surface area contributed by atoms with Crippen LogP contribution in [0.4, 0.5) is 5.69 Å². The molecule has 2 heterocycles. The topological polar surface area (TPSA) is 82.5 Å². The van der Waals surface area contributed by atoms with Crippen molar-refractivity contribution in [3.63, 3.8) is 0 Å². The summed E-state index contributed by atoms with van der Waals surface area (Å²) in [5, 5.41) is 0.450. The molecule has 4 rings (SSSR count). The first-order valence-electron chi connectivity index (χ1n) is 10.1. The molecule has 3 aromatic rings. The molecule has 1 aliphatic rings. The van der Waals surface area contributed by atoms with Crippen molar-refractivity contribution in [1.29, 1.82) is 0 Å². The van der Waals surface area contributed by atoms with E-state index in [1.165, 1.54) is 4.57 Å². The molecule has 2 aromatic carbocycles. The van der Waals surface area contributed by atoms with Crippen molar-refractivity contribution in [2.24, 2.45) is 0 Å². The van der Waals surface area contributed by atoms with E-state index in [0.29, 0.717) is 16.2 Å². The number of para-hydroxylation sites is 2. The second-order valence-electron chi connectivity index (χ2n) is 7.65. The molecular formula is C22H25ClN4O3. The van der Waals surface area contributed by atoms with Crippen LogP contribution >= 0.6 is 11.6 Å². The summed E-state index contributed by atoms with van der Waals surface area (Å²) in [7, 11) is 2.08. The third-order valence-corrected chi connectivity index (χ3v) is 5.97. The Kier molecular flexibility index (Phi) is 5.58. The number of nitrogens with zero attached hydrogens (tertiary/aromatic N) is 3. The van der Waals surface area contributed by atoms with Gasteiger partial charge in [0.25, 0.3) is 0 Å². The highest BCUT2D eigenvalue weighted by molar-refractivity contribution is 6.35. The van der Waals surface area contributed by atoms with Gasteiger partial charge in [-0.15, -0.1) is 0 Å². The van der Waals surface area contributed by atoms with Crippen LogP contribution in [0.5, 0.6) is 5.75 Å². The maximum absolute atomic E-state index is 13.7. The first-order chi connectivity index (χ1) is 14.4. The van der Waals surface area contributed by atoms with Gasteiger partial charge in [0, 0.05) is 12.5 Å². The Balaban J connectivity index is 1.98. The number of anilines is 1. The number of fused-ring (bicyclic) bond motifs is 1. The molecule has 0 radical (unpaired) electrons. The lowest BCUT2D eigenvalue weighted by Crippen LogP contribution is -2.35. The minimum atomic E-state index is -0.424. The summed E-state index contributed by atoms with van der Waals surface area (Å²) in [6.07, 6.45) is 1.94. The normalized spacial score (nSPS) is 15.6. The minimum absolute atomic E-state index is 0.0682. The van der Waals surface area contributed by atoms with Crippen molar-refractivity contribution >= 4 is 34.3 Å². The van der Waals surface area contributed by atoms with E-state index in [2.05, 4.69) is 11.9 Å². The monoisotopic (exact) mass is 428 g/mol. The van der Waals surface area contributed by atoms with Gasteiger partial charge in [0.05, 0.1) is 27.4 Å². The number of nitrogens with two attached hydrogens (primary N) is 1. The highest BCUT2D eigenvalue weighted by Gasteiger charge is 2.27. The van der Waals surface area contributed by atoms with Gasteiger partial charge in [-0.2, -0.15) is 0 Å². The molecule has 0 saturated carbocycles. The van der Waals surface area contributed by atoms with Gasteiger partial charge in [-0.25, -0.2) is 4.79 Å². The Hall–Kier alpha value is -2.77. The molecule has 1 fully saturated rings. The SMILES string of the molecule is CCC(=O)Oc1c(N)cccc1-n1c(=O)n(C2CCN(C)CC2)c2cccc(Cl)c21. The molecule has 0 unspecified atom stereocenters. The Morgan fingerprint density at radius 3 is 2.60 bits per heavy atom. The molecule has 158 valence electrons. The van der Waals surface area contributed by atoms with Crippen LogP contribution in [0.25, 0.3) is 16.7 Å². The number of carbonyl (C=O) groups is 1. The molecule has 0 atom stereocenters. The van der Waals surface area contributed by atoms with Crippen LogP contribution < -0.4 is 16.2 Å². The third kappa shape index (κ3) is 3.48. The van der Waals surface area contributed by atoms with E-state index in [-0.39, 0.29) is 29.6 Å². The van der Waals surface area contributed by atoms with E-state index in [1.54, 1.807) is 31.2 Å². The number of esters is 1. The number of piperidine rings is 1. The molecule has 0 amide bonds. The zero-order valence-corrected chi connectivity index (χ0v) is 17.9. The fourth-order valence-electron chi connectivity index (χ4n) is 4.07. The van der Waals surface area contributed by atoms with Gasteiger partial charge in [-0.05, 0) is 57.2 Å². The molecule has 0 spiro atoms. The van der Waals surface area contributed by atoms with Crippen molar-refractivity contribution < 1.29 is 9.53 Å². The number of aromatic nitrogens is 2. The molecule has 7 nitrogen and oxygen atoms in total. The van der Waals surface area contributed by atoms with Crippen LogP contribution in [0.1, 0.15) is 32.2 Å². The van der Waals surface area contributed by atoms with Gasteiger partial charge in [0.15, 0.2) is 5.75 Å². The first kappa shape index (κ1) is 20.5. The van der Waals surface area contributed by atoms with Crippen LogP contribution in [0.3, 0.4) is 0 Å². The molecule has 2 N–H and O–H groups in total. The Morgan fingerprint density at radius 1 is 1.20 bits per heavy atom. The number of halogens is 1. The summed E-state index contributed by atoms with van der Waals surface area (Å²) >= 11 is 6.56. The molecule has 1 saturated heterocycles. The molecule has 1 aliphatic heterocycles. The summed E-state index contributed by atoms with van der Waals surface area (Å²) in [5.74, 6) is -0.249. The number of rotatable bonds is 4. The lowest BCUT2D eigenvalue weighted by atomic mass is 10.1. The number of hydrogen-bond donors (Lipinski definition) is 1. The maximum atomic E-state index is 13.7. The van der Waals surface area contributed by atoms with Crippen molar-refractivity contribution in [2.45, 2.75) is 32.2 Å². The largest absolute Gasteiger partial charge is 0.422 e. The second-order valence-corrected chi connectivity index (χ2v) is 8.06. The van der Waals surface area contributed by atoms with Crippen LogP contribution in [0.15, 0.2) is 41.2 Å².